The van der Waals surface area contributed by atoms with Crippen molar-refractivity contribution in [3.05, 3.63) is 24.2 Å². The van der Waals surface area contributed by atoms with E-state index in [1.54, 1.807) is 13.0 Å². The van der Waals surface area contributed by atoms with Crippen LogP contribution < -0.4 is 5.32 Å². The Balaban J connectivity index is 1.84. The van der Waals surface area contributed by atoms with Crippen LogP contribution in [-0.2, 0) is 9.53 Å². The molecule has 20 heavy (non-hydrogen) atoms. The van der Waals surface area contributed by atoms with Gasteiger partial charge >= 0.3 is 5.97 Å². The molecule has 1 aromatic heterocycles. The van der Waals surface area contributed by atoms with Crippen LogP contribution in [0.2, 0.25) is 0 Å². The summed E-state index contributed by atoms with van der Waals surface area (Å²) in [6.45, 7) is 3.72. The maximum atomic E-state index is 12.0. The molecule has 0 aliphatic heterocycles. The Morgan fingerprint density at radius 3 is 2.80 bits per heavy atom. The summed E-state index contributed by atoms with van der Waals surface area (Å²) < 4.78 is 10.0. The summed E-state index contributed by atoms with van der Waals surface area (Å²) in [7, 11) is 0. The highest BCUT2D eigenvalue weighted by molar-refractivity contribution is 5.90. The normalized spacial score (nSPS) is 23.9. The molecule has 0 bridgehead atoms. The average molecular weight is 279 g/mol. The lowest BCUT2D eigenvalue weighted by Crippen LogP contribution is -2.45. The predicted molar refractivity (Wildman–Crippen MR) is 73.1 cm³/mol. The number of ether oxygens (including phenoxy) is 1. The lowest BCUT2D eigenvalue weighted by Gasteiger charge is -2.30. The smallest absolute Gasteiger partial charge is 0.374 e. The van der Waals surface area contributed by atoms with Crippen LogP contribution in [0.3, 0.4) is 0 Å². The molecule has 0 unspecified atom stereocenters. The van der Waals surface area contributed by atoms with Crippen molar-refractivity contribution in [1.82, 2.24) is 5.32 Å². The average Bonchev–Trinajstić information content (AvgIpc) is 2.95. The standard InChI is InChI=1S/C15H21NO4/c1-10-6-3-4-7-12(10)16-14(17)11(2)20-15(18)13-8-5-9-19-13/h5,8-12H,3-4,6-7H2,1-2H3,(H,16,17)/t10-,11-,12+/m1/s1. The number of carbonyl (C=O) groups excluding carboxylic acids is 2. The van der Waals surface area contributed by atoms with Crippen LogP contribution in [0.4, 0.5) is 0 Å². The molecule has 1 fully saturated rings. The molecule has 110 valence electrons. The molecule has 0 radical (unpaired) electrons. The monoisotopic (exact) mass is 279 g/mol. The first-order chi connectivity index (χ1) is 9.58. The Bertz CT molecular complexity index is 454. The van der Waals surface area contributed by atoms with Crippen LogP contribution in [0.1, 0.15) is 50.1 Å². The molecule has 5 heteroatoms. The second kappa shape index (κ2) is 6.59. The summed E-state index contributed by atoms with van der Waals surface area (Å²) >= 11 is 0. The predicted octanol–water partition coefficient (Wildman–Crippen LogP) is 2.52. The molecular weight excluding hydrogens is 258 g/mol. The third-order valence-corrected chi connectivity index (χ3v) is 3.81. The molecule has 1 amide bonds. The minimum atomic E-state index is -0.818. The molecule has 1 saturated carbocycles. The van der Waals surface area contributed by atoms with E-state index in [-0.39, 0.29) is 17.7 Å². The van der Waals surface area contributed by atoms with E-state index < -0.39 is 12.1 Å². The lowest BCUT2D eigenvalue weighted by molar-refractivity contribution is -0.130. The van der Waals surface area contributed by atoms with Crippen LogP contribution >= 0.6 is 0 Å². The van der Waals surface area contributed by atoms with Crippen LogP contribution in [0, 0.1) is 5.92 Å². The van der Waals surface area contributed by atoms with Crippen LogP contribution in [0.25, 0.3) is 0 Å². The first kappa shape index (κ1) is 14.6. The zero-order valence-corrected chi connectivity index (χ0v) is 11.9. The number of esters is 1. The Kier molecular flexibility index (Phi) is 4.82. The van der Waals surface area contributed by atoms with E-state index in [0.29, 0.717) is 5.92 Å². The minimum absolute atomic E-state index is 0.107. The van der Waals surface area contributed by atoms with Crippen molar-refractivity contribution in [3.8, 4) is 0 Å². The third-order valence-electron chi connectivity index (χ3n) is 3.81. The summed E-state index contributed by atoms with van der Waals surface area (Å²) in [5.41, 5.74) is 0. The fourth-order valence-corrected chi connectivity index (χ4v) is 2.50. The molecule has 1 aromatic rings. The van der Waals surface area contributed by atoms with Gasteiger partial charge in [-0.05, 0) is 37.8 Å². The van der Waals surface area contributed by atoms with Crippen molar-refractivity contribution < 1.29 is 18.7 Å². The van der Waals surface area contributed by atoms with E-state index >= 15 is 0 Å². The van der Waals surface area contributed by atoms with E-state index in [4.69, 9.17) is 9.15 Å². The summed E-state index contributed by atoms with van der Waals surface area (Å²) in [4.78, 5) is 23.7. The highest BCUT2D eigenvalue weighted by atomic mass is 16.6. The number of furan rings is 1. The van der Waals surface area contributed by atoms with Crippen molar-refractivity contribution >= 4 is 11.9 Å². The maximum Gasteiger partial charge on any atom is 0.374 e. The van der Waals surface area contributed by atoms with Gasteiger partial charge < -0.3 is 14.5 Å². The molecule has 1 heterocycles. The van der Waals surface area contributed by atoms with Crippen molar-refractivity contribution in [2.24, 2.45) is 5.92 Å². The van der Waals surface area contributed by atoms with Gasteiger partial charge in [-0.2, -0.15) is 0 Å². The molecule has 1 N–H and O–H groups in total. The van der Waals surface area contributed by atoms with Crippen molar-refractivity contribution in [2.75, 3.05) is 0 Å². The molecule has 1 aliphatic rings. The van der Waals surface area contributed by atoms with Crippen molar-refractivity contribution in [2.45, 2.75) is 51.7 Å². The van der Waals surface area contributed by atoms with Crippen molar-refractivity contribution in [1.29, 1.82) is 0 Å². The SMILES string of the molecule is C[C@@H]1CCCC[C@@H]1NC(=O)[C@@H](C)OC(=O)c1ccco1. The maximum absolute atomic E-state index is 12.0. The Labute approximate surface area is 118 Å². The van der Waals surface area contributed by atoms with Gasteiger partial charge in [-0.25, -0.2) is 4.79 Å². The zero-order valence-electron chi connectivity index (χ0n) is 11.9. The molecule has 0 aromatic carbocycles. The van der Waals surface area contributed by atoms with Gasteiger partial charge in [-0.15, -0.1) is 0 Å². The topological polar surface area (TPSA) is 68.5 Å². The summed E-state index contributed by atoms with van der Waals surface area (Å²) in [5, 5.41) is 2.97. The number of carbonyl (C=O) groups is 2. The van der Waals surface area contributed by atoms with Crippen molar-refractivity contribution in [3.63, 3.8) is 0 Å². The molecule has 2 rings (SSSR count). The lowest BCUT2D eigenvalue weighted by atomic mass is 9.86. The van der Waals surface area contributed by atoms with Gasteiger partial charge in [0.2, 0.25) is 5.76 Å². The molecule has 5 nitrogen and oxygen atoms in total. The largest absolute Gasteiger partial charge is 0.457 e. The molecule has 3 atom stereocenters. The van der Waals surface area contributed by atoms with E-state index in [1.165, 1.54) is 18.8 Å². The van der Waals surface area contributed by atoms with E-state index in [1.807, 2.05) is 0 Å². The van der Waals surface area contributed by atoms with Gasteiger partial charge in [0, 0.05) is 6.04 Å². The summed E-state index contributed by atoms with van der Waals surface area (Å²) in [6, 6.07) is 3.29. The highest BCUT2D eigenvalue weighted by Crippen LogP contribution is 2.23. The van der Waals surface area contributed by atoms with Crippen LogP contribution in [-0.4, -0.2) is 24.0 Å². The first-order valence-corrected chi connectivity index (χ1v) is 7.13. The fourth-order valence-electron chi connectivity index (χ4n) is 2.50. The summed E-state index contributed by atoms with van der Waals surface area (Å²) in [5.74, 6) is -0.283. The Morgan fingerprint density at radius 2 is 2.15 bits per heavy atom. The molecule has 0 spiro atoms. The van der Waals surface area contributed by atoms with Crippen LogP contribution in [0.5, 0.6) is 0 Å². The second-order valence-corrected chi connectivity index (χ2v) is 5.40. The number of hydrogen-bond donors (Lipinski definition) is 1. The number of nitrogens with one attached hydrogen (secondary N) is 1. The van der Waals surface area contributed by atoms with Gasteiger partial charge in [-0.3, -0.25) is 4.79 Å². The van der Waals surface area contributed by atoms with Gasteiger partial charge in [0.15, 0.2) is 6.10 Å². The Morgan fingerprint density at radius 1 is 1.40 bits per heavy atom. The highest BCUT2D eigenvalue weighted by Gasteiger charge is 2.26. The van der Waals surface area contributed by atoms with Crippen LogP contribution in [0.15, 0.2) is 22.8 Å². The number of hydrogen-bond acceptors (Lipinski definition) is 4. The first-order valence-electron chi connectivity index (χ1n) is 7.13. The van der Waals surface area contributed by atoms with E-state index in [2.05, 4.69) is 12.2 Å². The van der Waals surface area contributed by atoms with Gasteiger partial charge in [0.25, 0.3) is 5.91 Å². The van der Waals surface area contributed by atoms with Gasteiger partial charge in [0.1, 0.15) is 0 Å². The number of amides is 1. The van der Waals surface area contributed by atoms with E-state index in [0.717, 1.165) is 19.3 Å². The minimum Gasteiger partial charge on any atom is -0.457 e. The second-order valence-electron chi connectivity index (χ2n) is 5.40. The van der Waals surface area contributed by atoms with Gasteiger partial charge in [-0.1, -0.05) is 19.8 Å². The molecular formula is C15H21NO4. The summed E-state index contributed by atoms with van der Waals surface area (Å²) in [6.07, 6.45) is 5.05. The number of rotatable bonds is 4. The zero-order chi connectivity index (χ0) is 14.5. The third kappa shape index (κ3) is 3.62. The fraction of sp³-hybridized carbons (Fsp3) is 0.600. The van der Waals surface area contributed by atoms with Gasteiger partial charge in [0.05, 0.1) is 6.26 Å². The quantitative estimate of drug-likeness (QED) is 0.860. The van der Waals surface area contributed by atoms with E-state index in [9.17, 15) is 9.59 Å². The Hall–Kier alpha value is -1.78. The molecule has 1 aliphatic carbocycles. The molecule has 0 saturated heterocycles.